The van der Waals surface area contributed by atoms with Gasteiger partial charge in [-0.15, -0.1) is 0 Å². The van der Waals surface area contributed by atoms with Crippen molar-refractivity contribution < 1.29 is 18.3 Å². The number of Topliss-reactive ketones (excluding diaryl/α,β-unsaturated/α-hetero) is 1. The van der Waals surface area contributed by atoms with E-state index in [-0.39, 0.29) is 18.0 Å². The summed E-state index contributed by atoms with van der Waals surface area (Å²) in [6.07, 6.45) is -1.43. The first kappa shape index (κ1) is 19.8. The van der Waals surface area contributed by atoms with E-state index in [0.717, 1.165) is 22.2 Å². The average molecular weight is 410 g/mol. The minimum absolute atomic E-state index is 0.0718. The summed E-state index contributed by atoms with van der Waals surface area (Å²) in [5.74, 6) is -0.0123. The molecule has 0 amide bonds. The number of H-pyrrole nitrogens is 2. The summed E-state index contributed by atoms with van der Waals surface area (Å²) in [5.41, 5.74) is 4.96. The second-order valence-electron chi connectivity index (χ2n) is 7.32. The highest BCUT2D eigenvalue weighted by atomic mass is 19.3. The molecule has 0 atom stereocenters. The Morgan fingerprint density at radius 1 is 1.20 bits per heavy atom. The number of pyridine rings is 1. The number of ketones is 1. The predicted octanol–water partition coefficient (Wildman–Crippen LogP) is 4.99. The van der Waals surface area contributed by atoms with E-state index in [1.54, 1.807) is 18.3 Å². The number of nitrogens with zero attached hydrogens (tertiary/aromatic N) is 2. The van der Waals surface area contributed by atoms with Crippen molar-refractivity contribution in [1.82, 2.24) is 20.2 Å². The van der Waals surface area contributed by atoms with Crippen molar-refractivity contribution >= 4 is 16.8 Å². The molecule has 0 aliphatic carbocycles. The highest BCUT2D eigenvalue weighted by molar-refractivity contribution is 5.97. The number of carbonyl (C=O) groups is 1. The van der Waals surface area contributed by atoms with Gasteiger partial charge in [-0.3, -0.25) is 9.89 Å². The van der Waals surface area contributed by atoms with Gasteiger partial charge in [0.15, 0.2) is 5.78 Å². The van der Waals surface area contributed by atoms with E-state index >= 15 is 0 Å². The number of carbonyl (C=O) groups excluding carboxylic acids is 1. The lowest BCUT2D eigenvalue weighted by molar-refractivity contribution is -0.158. The quantitative estimate of drug-likeness (QED) is 0.439. The van der Waals surface area contributed by atoms with Crippen LogP contribution in [0.1, 0.15) is 34.2 Å². The molecular weight excluding hydrogens is 390 g/mol. The van der Waals surface area contributed by atoms with Gasteiger partial charge in [-0.1, -0.05) is 12.1 Å². The summed E-state index contributed by atoms with van der Waals surface area (Å²) < 4.78 is 30.9. The van der Waals surface area contributed by atoms with E-state index in [1.807, 2.05) is 26.0 Å². The van der Waals surface area contributed by atoms with E-state index < -0.39 is 6.11 Å². The van der Waals surface area contributed by atoms with Crippen molar-refractivity contribution in [3.63, 3.8) is 0 Å². The Hall–Kier alpha value is -3.55. The number of hydrogen-bond acceptors (Lipinski definition) is 4. The number of aromatic amines is 2. The van der Waals surface area contributed by atoms with Crippen LogP contribution in [-0.4, -0.2) is 32.1 Å². The van der Waals surface area contributed by atoms with Crippen molar-refractivity contribution in [2.75, 3.05) is 0 Å². The van der Waals surface area contributed by atoms with Crippen LogP contribution >= 0.6 is 0 Å². The minimum atomic E-state index is -3.26. The molecule has 3 aromatic heterocycles. The van der Waals surface area contributed by atoms with Crippen LogP contribution in [0, 0.1) is 13.8 Å². The third-order valence-electron chi connectivity index (χ3n) is 4.85. The van der Waals surface area contributed by atoms with E-state index in [1.165, 1.54) is 12.1 Å². The molecule has 0 saturated carbocycles. The number of alkyl halides is 2. The molecule has 0 bridgehead atoms. The average Bonchev–Trinajstić information content (AvgIpc) is 3.24. The zero-order valence-electron chi connectivity index (χ0n) is 16.7. The number of benzene rings is 1. The second kappa shape index (κ2) is 7.37. The molecule has 2 N–H and O–H groups in total. The van der Waals surface area contributed by atoms with Gasteiger partial charge >= 0.3 is 6.11 Å². The Labute approximate surface area is 171 Å². The van der Waals surface area contributed by atoms with Gasteiger partial charge in [0, 0.05) is 47.4 Å². The standard InChI is InChI=1S/C22H20F2N4O2/c1-12-13(2)27-28-20(12)19(29)8-14-7-16-10-18(26-21(16)25-11-14)15-5-4-6-17(9-15)30-22(3,23)24/h4-7,9-11H,8H2,1-3H3,(H,25,26)(H,27,28). The van der Waals surface area contributed by atoms with Crippen LogP contribution in [0.2, 0.25) is 0 Å². The first-order valence-corrected chi connectivity index (χ1v) is 9.39. The number of hydrogen-bond donors (Lipinski definition) is 2. The summed E-state index contributed by atoms with van der Waals surface area (Å²) in [7, 11) is 0. The minimum Gasteiger partial charge on any atom is -0.433 e. The molecule has 0 aliphatic heterocycles. The van der Waals surface area contributed by atoms with Gasteiger partial charge in [0.2, 0.25) is 0 Å². The lowest BCUT2D eigenvalue weighted by Crippen LogP contribution is -2.18. The SMILES string of the molecule is Cc1[nH]nc(C(=O)Cc2cnc3[nH]c(-c4cccc(OC(C)(F)F)c4)cc3c2)c1C. The molecule has 0 radical (unpaired) electrons. The summed E-state index contributed by atoms with van der Waals surface area (Å²) in [6.45, 7) is 4.43. The molecule has 154 valence electrons. The summed E-state index contributed by atoms with van der Waals surface area (Å²) in [4.78, 5) is 20.1. The monoisotopic (exact) mass is 410 g/mol. The van der Waals surface area contributed by atoms with E-state index in [4.69, 9.17) is 0 Å². The van der Waals surface area contributed by atoms with Crippen LogP contribution in [0.25, 0.3) is 22.3 Å². The number of nitrogens with one attached hydrogen (secondary N) is 2. The van der Waals surface area contributed by atoms with Gasteiger partial charge in [-0.05, 0) is 43.7 Å². The molecule has 8 heteroatoms. The third-order valence-corrected chi connectivity index (χ3v) is 4.85. The lowest BCUT2D eigenvalue weighted by atomic mass is 10.0. The van der Waals surface area contributed by atoms with Crippen LogP contribution in [0.15, 0.2) is 42.6 Å². The third kappa shape index (κ3) is 4.07. The number of fused-ring (bicyclic) bond motifs is 1. The Bertz CT molecular complexity index is 1240. The summed E-state index contributed by atoms with van der Waals surface area (Å²) in [6, 6.07) is 10.2. The molecule has 1 aromatic carbocycles. The molecule has 0 spiro atoms. The second-order valence-corrected chi connectivity index (χ2v) is 7.32. The molecule has 0 aliphatic rings. The molecular formula is C22H20F2N4O2. The van der Waals surface area contributed by atoms with Gasteiger partial charge < -0.3 is 9.72 Å². The van der Waals surface area contributed by atoms with Gasteiger partial charge in [-0.2, -0.15) is 13.9 Å². The summed E-state index contributed by atoms with van der Waals surface area (Å²) >= 11 is 0. The predicted molar refractivity (Wildman–Crippen MR) is 109 cm³/mol. The van der Waals surface area contributed by atoms with E-state index in [0.29, 0.717) is 29.5 Å². The largest absolute Gasteiger partial charge is 0.433 e. The van der Waals surface area contributed by atoms with Gasteiger partial charge in [0.05, 0.1) is 0 Å². The lowest BCUT2D eigenvalue weighted by Gasteiger charge is -2.13. The number of halogens is 2. The molecule has 4 aromatic rings. The maximum atomic E-state index is 13.1. The number of ether oxygens (including phenoxy) is 1. The zero-order chi connectivity index (χ0) is 21.5. The molecule has 0 fully saturated rings. The van der Waals surface area contributed by atoms with Crippen molar-refractivity contribution in [1.29, 1.82) is 0 Å². The Morgan fingerprint density at radius 3 is 2.70 bits per heavy atom. The molecule has 3 heterocycles. The number of aryl methyl sites for hydroxylation is 1. The van der Waals surface area contributed by atoms with Crippen LogP contribution in [0.5, 0.6) is 5.75 Å². The van der Waals surface area contributed by atoms with Crippen molar-refractivity contribution in [2.45, 2.75) is 33.3 Å². The Kier molecular flexibility index (Phi) is 4.85. The maximum absolute atomic E-state index is 13.1. The van der Waals surface area contributed by atoms with Crippen molar-refractivity contribution in [2.24, 2.45) is 0 Å². The van der Waals surface area contributed by atoms with E-state index in [2.05, 4.69) is 24.9 Å². The molecule has 4 rings (SSSR count). The van der Waals surface area contributed by atoms with E-state index in [9.17, 15) is 13.6 Å². The van der Waals surface area contributed by atoms with Gasteiger partial charge in [0.1, 0.15) is 17.1 Å². The van der Waals surface area contributed by atoms with Crippen molar-refractivity contribution in [3.8, 4) is 17.0 Å². The first-order valence-electron chi connectivity index (χ1n) is 9.39. The molecule has 0 unspecified atom stereocenters. The fraction of sp³-hybridized carbons (Fsp3) is 0.227. The topological polar surface area (TPSA) is 83.7 Å². The van der Waals surface area contributed by atoms with Gasteiger partial charge in [-0.25, -0.2) is 4.98 Å². The molecule has 6 nitrogen and oxygen atoms in total. The van der Waals surface area contributed by atoms with Crippen LogP contribution in [0.3, 0.4) is 0 Å². The maximum Gasteiger partial charge on any atom is 0.394 e. The highest BCUT2D eigenvalue weighted by Crippen LogP contribution is 2.29. The van der Waals surface area contributed by atoms with Crippen LogP contribution < -0.4 is 4.74 Å². The normalized spacial score (nSPS) is 11.8. The molecule has 30 heavy (non-hydrogen) atoms. The highest BCUT2D eigenvalue weighted by Gasteiger charge is 2.23. The number of rotatable bonds is 6. The Balaban J connectivity index is 1.59. The summed E-state index contributed by atoms with van der Waals surface area (Å²) in [5, 5.41) is 7.73. The number of aromatic nitrogens is 4. The van der Waals surface area contributed by atoms with Crippen LogP contribution in [-0.2, 0) is 6.42 Å². The van der Waals surface area contributed by atoms with Crippen LogP contribution in [0.4, 0.5) is 8.78 Å². The Morgan fingerprint density at radius 2 is 2.00 bits per heavy atom. The smallest absolute Gasteiger partial charge is 0.394 e. The first-order chi connectivity index (χ1) is 14.2. The fourth-order valence-electron chi connectivity index (χ4n) is 3.27. The fourth-order valence-corrected chi connectivity index (χ4v) is 3.27. The molecule has 0 saturated heterocycles. The van der Waals surface area contributed by atoms with Gasteiger partial charge in [0.25, 0.3) is 0 Å². The zero-order valence-corrected chi connectivity index (χ0v) is 16.7. The van der Waals surface area contributed by atoms with Crippen molar-refractivity contribution in [3.05, 3.63) is 65.1 Å².